The molecule has 13 heavy (non-hydrogen) atoms. The minimum Gasteiger partial charge on any atom is -0.459 e. The summed E-state index contributed by atoms with van der Waals surface area (Å²) in [5.41, 5.74) is 0.383. The molecular weight excluding hydrogens is 172 g/mol. The second-order valence-electron chi connectivity index (χ2n) is 3.06. The van der Waals surface area contributed by atoms with E-state index < -0.39 is 11.9 Å². The van der Waals surface area contributed by atoms with E-state index in [1.54, 1.807) is 13.8 Å². The number of ether oxygens (including phenoxy) is 2. The maximum absolute atomic E-state index is 11.1. The van der Waals surface area contributed by atoms with Gasteiger partial charge in [-0.1, -0.05) is 0 Å². The zero-order valence-corrected chi connectivity index (χ0v) is 7.92. The van der Waals surface area contributed by atoms with Crippen molar-refractivity contribution in [2.45, 2.75) is 33.3 Å². The Morgan fingerprint density at radius 3 is 2.77 bits per heavy atom. The molecule has 0 aromatic rings. The van der Waals surface area contributed by atoms with E-state index in [4.69, 9.17) is 9.47 Å². The molecule has 72 valence electrons. The molecule has 1 unspecified atom stereocenters. The standard InChI is InChI=1S/C9H12O4/c1-5-4-8(13-7(3)10)6(2)9(11)12-5/h5H,4H2,1-3H3. The summed E-state index contributed by atoms with van der Waals surface area (Å²) in [5.74, 6) is -0.387. The third kappa shape index (κ3) is 2.31. The van der Waals surface area contributed by atoms with Crippen molar-refractivity contribution in [2.24, 2.45) is 0 Å². The van der Waals surface area contributed by atoms with E-state index in [1.165, 1.54) is 6.92 Å². The van der Waals surface area contributed by atoms with Crippen molar-refractivity contribution in [2.75, 3.05) is 0 Å². The number of rotatable bonds is 1. The van der Waals surface area contributed by atoms with Gasteiger partial charge in [0.1, 0.15) is 11.9 Å². The lowest BCUT2D eigenvalue weighted by Gasteiger charge is -2.21. The third-order valence-corrected chi connectivity index (χ3v) is 1.77. The fourth-order valence-corrected chi connectivity index (χ4v) is 1.13. The smallest absolute Gasteiger partial charge is 0.337 e. The molecule has 1 aliphatic heterocycles. The first-order chi connectivity index (χ1) is 6.00. The summed E-state index contributed by atoms with van der Waals surface area (Å²) in [6.07, 6.45) is 0.252. The molecule has 0 N–H and O–H groups in total. The van der Waals surface area contributed by atoms with Crippen molar-refractivity contribution in [1.29, 1.82) is 0 Å². The zero-order chi connectivity index (χ0) is 10.0. The van der Waals surface area contributed by atoms with Gasteiger partial charge in [-0.3, -0.25) is 4.79 Å². The van der Waals surface area contributed by atoms with Crippen LogP contribution in [0.5, 0.6) is 0 Å². The van der Waals surface area contributed by atoms with Crippen molar-refractivity contribution in [3.63, 3.8) is 0 Å². The second-order valence-corrected chi connectivity index (χ2v) is 3.06. The summed E-state index contributed by atoms with van der Waals surface area (Å²) >= 11 is 0. The third-order valence-electron chi connectivity index (χ3n) is 1.77. The fourth-order valence-electron chi connectivity index (χ4n) is 1.13. The molecule has 0 fully saturated rings. The number of hydrogen-bond donors (Lipinski definition) is 0. The van der Waals surface area contributed by atoms with Crippen LogP contribution in [0.3, 0.4) is 0 Å². The van der Waals surface area contributed by atoms with Crippen LogP contribution < -0.4 is 0 Å². The number of esters is 2. The predicted molar refractivity (Wildman–Crippen MR) is 44.6 cm³/mol. The molecule has 0 bridgehead atoms. The molecule has 1 rings (SSSR count). The summed E-state index contributed by atoms with van der Waals surface area (Å²) in [6.45, 7) is 4.66. The first-order valence-corrected chi connectivity index (χ1v) is 4.10. The lowest BCUT2D eigenvalue weighted by Crippen LogP contribution is -2.24. The lowest BCUT2D eigenvalue weighted by molar-refractivity contribution is -0.147. The van der Waals surface area contributed by atoms with Gasteiger partial charge >= 0.3 is 11.9 Å². The highest BCUT2D eigenvalue weighted by atomic mass is 16.6. The quantitative estimate of drug-likeness (QED) is 0.574. The van der Waals surface area contributed by atoms with Gasteiger partial charge in [0.25, 0.3) is 0 Å². The highest BCUT2D eigenvalue weighted by Crippen LogP contribution is 2.22. The Morgan fingerprint density at radius 2 is 2.23 bits per heavy atom. The Bertz CT molecular complexity index is 277. The fraction of sp³-hybridized carbons (Fsp3) is 0.556. The number of carbonyl (C=O) groups is 2. The van der Waals surface area contributed by atoms with Crippen LogP contribution in [0.25, 0.3) is 0 Å². The first-order valence-electron chi connectivity index (χ1n) is 4.10. The molecule has 0 aliphatic carbocycles. The van der Waals surface area contributed by atoms with Crippen LogP contribution in [-0.4, -0.2) is 18.0 Å². The molecule has 1 aliphatic rings. The Balaban J connectivity index is 2.84. The van der Waals surface area contributed by atoms with E-state index in [1.807, 2.05) is 0 Å². The molecule has 0 saturated carbocycles. The maximum Gasteiger partial charge on any atom is 0.337 e. The number of hydrogen-bond acceptors (Lipinski definition) is 4. The van der Waals surface area contributed by atoms with E-state index in [9.17, 15) is 9.59 Å². The van der Waals surface area contributed by atoms with Gasteiger partial charge in [0, 0.05) is 13.3 Å². The number of carbonyl (C=O) groups excluding carboxylic acids is 2. The predicted octanol–water partition coefficient (Wildman–Crippen LogP) is 1.16. The van der Waals surface area contributed by atoms with E-state index in [2.05, 4.69) is 0 Å². The molecule has 0 spiro atoms. The average Bonchev–Trinajstić information content (AvgIpc) is 1.98. The Labute approximate surface area is 76.5 Å². The van der Waals surface area contributed by atoms with Gasteiger partial charge in [-0.2, -0.15) is 0 Å². The highest BCUT2D eigenvalue weighted by Gasteiger charge is 2.25. The van der Waals surface area contributed by atoms with E-state index in [0.717, 1.165) is 0 Å². The number of cyclic esters (lactones) is 1. The Kier molecular flexibility index (Phi) is 2.70. The van der Waals surface area contributed by atoms with Crippen LogP contribution in [0.4, 0.5) is 0 Å². The first kappa shape index (κ1) is 9.77. The zero-order valence-electron chi connectivity index (χ0n) is 7.92. The highest BCUT2D eigenvalue weighted by molar-refractivity contribution is 5.89. The van der Waals surface area contributed by atoms with Gasteiger partial charge in [0.2, 0.25) is 0 Å². The van der Waals surface area contributed by atoms with Crippen molar-refractivity contribution < 1.29 is 19.1 Å². The van der Waals surface area contributed by atoms with E-state index in [0.29, 0.717) is 17.8 Å². The Morgan fingerprint density at radius 1 is 1.62 bits per heavy atom. The summed E-state index contributed by atoms with van der Waals surface area (Å²) in [7, 11) is 0. The van der Waals surface area contributed by atoms with Gasteiger partial charge in [-0.05, 0) is 13.8 Å². The van der Waals surface area contributed by atoms with Crippen LogP contribution >= 0.6 is 0 Å². The second kappa shape index (κ2) is 3.60. The minimum atomic E-state index is -0.407. The van der Waals surface area contributed by atoms with Crippen LogP contribution in [0.15, 0.2) is 11.3 Å². The molecule has 0 aromatic heterocycles. The maximum atomic E-state index is 11.1. The summed E-state index contributed by atoms with van der Waals surface area (Å²) in [5, 5.41) is 0. The van der Waals surface area contributed by atoms with Gasteiger partial charge in [-0.15, -0.1) is 0 Å². The summed E-state index contributed by atoms with van der Waals surface area (Å²) < 4.78 is 9.81. The average molecular weight is 184 g/mol. The molecule has 4 heteroatoms. The van der Waals surface area contributed by atoms with Crippen LogP contribution in [0.1, 0.15) is 27.2 Å². The lowest BCUT2D eigenvalue weighted by atomic mass is 10.1. The van der Waals surface area contributed by atoms with Crippen molar-refractivity contribution >= 4 is 11.9 Å². The van der Waals surface area contributed by atoms with Crippen molar-refractivity contribution in [1.82, 2.24) is 0 Å². The SMILES string of the molecule is CC(=O)OC1=C(C)C(=O)OC(C)C1. The van der Waals surface area contributed by atoms with E-state index in [-0.39, 0.29) is 6.10 Å². The molecule has 0 radical (unpaired) electrons. The van der Waals surface area contributed by atoms with Gasteiger partial charge in [0.15, 0.2) is 0 Å². The van der Waals surface area contributed by atoms with Crippen molar-refractivity contribution in [3.8, 4) is 0 Å². The van der Waals surface area contributed by atoms with Gasteiger partial charge in [0.05, 0.1) is 5.57 Å². The molecule has 4 nitrogen and oxygen atoms in total. The van der Waals surface area contributed by atoms with Gasteiger partial charge in [-0.25, -0.2) is 4.79 Å². The van der Waals surface area contributed by atoms with E-state index >= 15 is 0 Å². The van der Waals surface area contributed by atoms with Crippen LogP contribution in [-0.2, 0) is 19.1 Å². The molecule has 0 saturated heterocycles. The summed E-state index contributed by atoms with van der Waals surface area (Å²) in [6, 6.07) is 0. The van der Waals surface area contributed by atoms with Crippen LogP contribution in [0.2, 0.25) is 0 Å². The molecule has 1 atom stereocenters. The molecule has 0 amide bonds. The topological polar surface area (TPSA) is 52.6 Å². The molecule has 1 heterocycles. The minimum absolute atomic E-state index is 0.217. The normalized spacial score (nSPS) is 22.7. The van der Waals surface area contributed by atoms with Crippen LogP contribution in [0, 0.1) is 0 Å². The van der Waals surface area contributed by atoms with Crippen molar-refractivity contribution in [3.05, 3.63) is 11.3 Å². The molecular formula is C9H12O4. The largest absolute Gasteiger partial charge is 0.459 e. The Hall–Kier alpha value is -1.32. The molecule has 0 aromatic carbocycles. The monoisotopic (exact) mass is 184 g/mol. The summed E-state index contributed by atoms with van der Waals surface area (Å²) in [4.78, 5) is 21.8. The van der Waals surface area contributed by atoms with Gasteiger partial charge < -0.3 is 9.47 Å².